The molecule has 0 spiro atoms. The highest BCUT2D eigenvalue weighted by Crippen LogP contribution is 2.23. The van der Waals surface area contributed by atoms with E-state index in [9.17, 15) is 14.4 Å². The number of nitrogens with one attached hydrogen (secondary N) is 2. The Labute approximate surface area is 245 Å². The van der Waals surface area contributed by atoms with Gasteiger partial charge in [-0.1, -0.05) is 39.0 Å². The summed E-state index contributed by atoms with van der Waals surface area (Å²) in [6, 6.07) is 7.06. The number of hydrogen-bond donors (Lipinski definition) is 3. The van der Waals surface area contributed by atoms with Crippen LogP contribution in [0.4, 0.5) is 4.79 Å². The summed E-state index contributed by atoms with van der Waals surface area (Å²) in [5.74, 6) is 0.0180. The van der Waals surface area contributed by atoms with Crippen molar-refractivity contribution in [3.05, 3.63) is 35.5 Å². The van der Waals surface area contributed by atoms with Gasteiger partial charge in [0.05, 0.1) is 0 Å². The molecule has 0 fully saturated rings. The molecule has 0 aliphatic heterocycles. The van der Waals surface area contributed by atoms with Crippen molar-refractivity contribution in [3.8, 4) is 0 Å². The number of carbonyl (C=O) groups excluding carboxylic acids is 3. The Hall–Kier alpha value is -3.36. The summed E-state index contributed by atoms with van der Waals surface area (Å²) in [4.78, 5) is 44.1. The molecule has 0 aliphatic rings. The molecule has 1 aromatic carbocycles. The highest BCUT2D eigenvalue weighted by atomic mass is 16.6. The smallest absolute Gasteiger partial charge is 0.436 e. The lowest BCUT2D eigenvalue weighted by molar-refractivity contribution is -0.156. The Morgan fingerprint density at radius 1 is 0.927 bits per heavy atom. The fourth-order valence-corrected chi connectivity index (χ4v) is 4.54. The van der Waals surface area contributed by atoms with E-state index in [1.54, 1.807) is 45.0 Å². The Bertz CT molecular complexity index is 1190. The predicted octanol–water partition coefficient (Wildman–Crippen LogP) is 7.03. The van der Waals surface area contributed by atoms with Gasteiger partial charge >= 0.3 is 12.1 Å². The number of ether oxygens (including phenoxy) is 2. The van der Waals surface area contributed by atoms with Gasteiger partial charge in [0.1, 0.15) is 22.7 Å². The van der Waals surface area contributed by atoms with Gasteiger partial charge < -0.3 is 25.5 Å². The fourth-order valence-electron chi connectivity index (χ4n) is 4.54. The maximum absolute atomic E-state index is 12.8. The minimum absolute atomic E-state index is 0.0451. The van der Waals surface area contributed by atoms with Crippen molar-refractivity contribution in [2.45, 2.75) is 117 Å². The van der Waals surface area contributed by atoms with Gasteiger partial charge in [-0.05, 0) is 91.0 Å². The molecule has 9 nitrogen and oxygen atoms in total. The molecule has 41 heavy (non-hydrogen) atoms. The standard InChI is InChI=1S/C32H50N4O5/c1-8-9-10-11-14-22(19-27(37)40-31(2,3)4)15-12-13-18-34-29(38)26-21-24-20-23(16-17-25(24)35-26)28(33)36-30(39)41-32(5,6)7/h16-17,20-22,35H,8-15,18-19H2,1-7H3,(H,34,38)(H2,33,36,39). The van der Waals surface area contributed by atoms with Crippen LogP contribution in [0.25, 0.3) is 10.9 Å². The van der Waals surface area contributed by atoms with Crippen molar-refractivity contribution in [1.82, 2.24) is 10.3 Å². The van der Waals surface area contributed by atoms with E-state index >= 15 is 0 Å². The molecule has 2 aromatic rings. The van der Waals surface area contributed by atoms with Gasteiger partial charge in [-0.15, -0.1) is 0 Å². The van der Waals surface area contributed by atoms with Gasteiger partial charge in [-0.2, -0.15) is 4.99 Å². The largest absolute Gasteiger partial charge is 0.460 e. The molecular formula is C32H50N4O5. The second-order valence-corrected chi connectivity index (χ2v) is 12.7. The fraction of sp³-hybridized carbons (Fsp3) is 0.625. The number of amidine groups is 1. The first-order chi connectivity index (χ1) is 19.2. The predicted molar refractivity (Wildman–Crippen MR) is 164 cm³/mol. The number of aliphatic imine (C=N–C) groups is 1. The SMILES string of the molecule is CCCCCCC(CCCCNC(=O)c1cc2cc(/C(N)=N\C(=O)OC(C)(C)C)ccc2[nH]1)CC(=O)OC(C)(C)C. The number of aromatic nitrogens is 1. The first-order valence-electron chi connectivity index (χ1n) is 14.9. The summed E-state index contributed by atoms with van der Waals surface area (Å²) in [5.41, 5.74) is 6.66. The summed E-state index contributed by atoms with van der Waals surface area (Å²) < 4.78 is 10.7. The zero-order valence-corrected chi connectivity index (χ0v) is 26.0. The van der Waals surface area contributed by atoms with Crippen LogP contribution in [-0.4, -0.2) is 46.5 Å². The average molecular weight is 571 g/mol. The molecule has 1 unspecified atom stereocenters. The Balaban J connectivity index is 1.88. The van der Waals surface area contributed by atoms with Crippen LogP contribution in [0.1, 0.15) is 122 Å². The number of H-pyrrole nitrogens is 1. The van der Waals surface area contributed by atoms with E-state index in [2.05, 4.69) is 22.2 Å². The minimum atomic E-state index is -0.753. The lowest BCUT2D eigenvalue weighted by atomic mass is 9.92. The van der Waals surface area contributed by atoms with Crippen molar-refractivity contribution >= 4 is 34.7 Å². The third-order valence-corrected chi connectivity index (χ3v) is 6.43. The molecule has 0 bridgehead atoms. The topological polar surface area (TPSA) is 136 Å². The first-order valence-corrected chi connectivity index (χ1v) is 14.9. The third kappa shape index (κ3) is 13.2. The van der Waals surface area contributed by atoms with Crippen LogP contribution in [0.2, 0.25) is 0 Å². The molecule has 4 N–H and O–H groups in total. The molecule has 2 amide bonds. The Morgan fingerprint density at radius 2 is 1.59 bits per heavy atom. The van der Waals surface area contributed by atoms with Gasteiger partial charge in [0.25, 0.3) is 5.91 Å². The van der Waals surface area contributed by atoms with Crippen molar-refractivity contribution in [3.63, 3.8) is 0 Å². The second-order valence-electron chi connectivity index (χ2n) is 12.7. The van der Waals surface area contributed by atoms with Crippen molar-refractivity contribution in [2.24, 2.45) is 16.6 Å². The van der Waals surface area contributed by atoms with E-state index in [4.69, 9.17) is 15.2 Å². The highest BCUT2D eigenvalue weighted by molar-refractivity contribution is 6.06. The molecule has 1 aromatic heterocycles. The number of aromatic amines is 1. The van der Waals surface area contributed by atoms with E-state index in [0.29, 0.717) is 30.1 Å². The van der Waals surface area contributed by atoms with Gasteiger partial charge in [0.2, 0.25) is 0 Å². The maximum Gasteiger partial charge on any atom is 0.436 e. The van der Waals surface area contributed by atoms with Crippen LogP contribution in [0.15, 0.2) is 29.3 Å². The first kappa shape index (κ1) is 33.8. The zero-order valence-electron chi connectivity index (χ0n) is 26.0. The van der Waals surface area contributed by atoms with Gasteiger partial charge in [-0.3, -0.25) is 9.59 Å². The minimum Gasteiger partial charge on any atom is -0.460 e. The van der Waals surface area contributed by atoms with Crippen LogP contribution >= 0.6 is 0 Å². The number of carbonyl (C=O) groups is 3. The number of benzene rings is 1. The van der Waals surface area contributed by atoms with Crippen LogP contribution in [-0.2, 0) is 14.3 Å². The number of nitrogens with two attached hydrogens (primary N) is 1. The molecule has 0 saturated heterocycles. The lowest BCUT2D eigenvalue weighted by Gasteiger charge is -2.22. The second kappa shape index (κ2) is 15.6. The highest BCUT2D eigenvalue weighted by Gasteiger charge is 2.21. The van der Waals surface area contributed by atoms with Crippen LogP contribution < -0.4 is 11.1 Å². The van der Waals surface area contributed by atoms with Crippen molar-refractivity contribution in [2.75, 3.05) is 6.54 Å². The van der Waals surface area contributed by atoms with E-state index in [0.717, 1.165) is 43.0 Å². The maximum atomic E-state index is 12.8. The molecule has 0 radical (unpaired) electrons. The molecule has 1 heterocycles. The number of rotatable bonds is 14. The summed E-state index contributed by atoms with van der Waals surface area (Å²) in [6.45, 7) is 13.7. The van der Waals surface area contributed by atoms with Gasteiger partial charge in [-0.25, -0.2) is 4.79 Å². The van der Waals surface area contributed by atoms with Gasteiger partial charge in [0, 0.05) is 29.4 Å². The molecule has 0 aliphatic carbocycles. The Morgan fingerprint density at radius 3 is 2.22 bits per heavy atom. The number of esters is 1. The van der Waals surface area contributed by atoms with Crippen molar-refractivity contribution < 1.29 is 23.9 Å². The monoisotopic (exact) mass is 570 g/mol. The number of amides is 2. The summed E-state index contributed by atoms with van der Waals surface area (Å²) in [6.07, 6.45) is 8.11. The van der Waals surface area contributed by atoms with Crippen LogP contribution in [0, 0.1) is 5.92 Å². The number of fused-ring (bicyclic) bond motifs is 1. The summed E-state index contributed by atoms with van der Waals surface area (Å²) >= 11 is 0. The molecule has 9 heteroatoms. The lowest BCUT2D eigenvalue weighted by Crippen LogP contribution is -2.26. The average Bonchev–Trinajstić information content (AvgIpc) is 3.27. The Kier molecular flexibility index (Phi) is 12.9. The molecule has 0 saturated carbocycles. The number of nitrogens with zero attached hydrogens (tertiary/aromatic N) is 1. The van der Waals surface area contributed by atoms with Crippen molar-refractivity contribution in [1.29, 1.82) is 0 Å². The molecule has 1 atom stereocenters. The molecule has 228 valence electrons. The third-order valence-electron chi connectivity index (χ3n) is 6.43. The van der Waals surface area contributed by atoms with Gasteiger partial charge in [0.15, 0.2) is 0 Å². The quantitative estimate of drug-likeness (QED) is 0.0966. The normalized spacial score (nSPS) is 13.2. The molecular weight excluding hydrogens is 520 g/mol. The molecule has 2 rings (SSSR count). The van der Waals surface area contributed by atoms with Crippen LogP contribution in [0.3, 0.4) is 0 Å². The van der Waals surface area contributed by atoms with E-state index in [1.165, 1.54) is 19.3 Å². The van der Waals surface area contributed by atoms with E-state index in [-0.39, 0.29) is 17.7 Å². The van der Waals surface area contributed by atoms with Crippen LogP contribution in [0.5, 0.6) is 0 Å². The number of unbranched alkanes of at least 4 members (excludes halogenated alkanes) is 4. The summed E-state index contributed by atoms with van der Waals surface area (Å²) in [7, 11) is 0. The zero-order chi connectivity index (χ0) is 30.6. The summed E-state index contributed by atoms with van der Waals surface area (Å²) in [5, 5.41) is 3.76. The van der Waals surface area contributed by atoms with E-state index < -0.39 is 17.3 Å². The van der Waals surface area contributed by atoms with E-state index in [1.807, 2.05) is 20.8 Å². The number of hydrogen-bond acceptors (Lipinski definition) is 5.